The second-order valence-corrected chi connectivity index (χ2v) is 4.09. The van der Waals surface area contributed by atoms with Gasteiger partial charge in [0.05, 0.1) is 0 Å². The lowest BCUT2D eigenvalue weighted by atomic mass is 10.0. The molecule has 0 saturated heterocycles. The van der Waals surface area contributed by atoms with Crippen molar-refractivity contribution in [3.8, 4) is 22.3 Å². The highest BCUT2D eigenvalue weighted by Gasteiger charge is 2.19. The second-order valence-electron chi connectivity index (χ2n) is 4.09. The van der Waals surface area contributed by atoms with Crippen molar-refractivity contribution >= 4 is 10.8 Å². The molecule has 1 aliphatic rings. The lowest BCUT2D eigenvalue weighted by Gasteiger charge is -1.99. The standard InChI is InChI=1S/C16H8/c1-2-8-13-12(7-1)14-9-3-5-11-6-4-10-15(13)16(11)14/h1,3-4,6-10H. The first-order chi connectivity index (χ1) is 7.95. The Morgan fingerprint density at radius 1 is 0.750 bits per heavy atom. The van der Waals surface area contributed by atoms with Crippen molar-refractivity contribution in [3.05, 3.63) is 60.7 Å². The van der Waals surface area contributed by atoms with Gasteiger partial charge >= 0.3 is 0 Å². The van der Waals surface area contributed by atoms with E-state index in [1.54, 1.807) is 0 Å². The Morgan fingerprint density at radius 3 is 2.62 bits per heavy atom. The minimum atomic E-state index is 1.20. The summed E-state index contributed by atoms with van der Waals surface area (Å²) >= 11 is 0. The van der Waals surface area contributed by atoms with Crippen LogP contribution in [0.1, 0.15) is 0 Å². The number of benzene rings is 3. The predicted molar refractivity (Wildman–Crippen MR) is 66.1 cm³/mol. The molecule has 4 rings (SSSR count). The summed E-state index contributed by atoms with van der Waals surface area (Å²) in [6.07, 6.45) is 0. The first kappa shape index (κ1) is 8.12. The zero-order valence-corrected chi connectivity index (χ0v) is 8.62. The molecule has 0 unspecified atom stereocenters. The van der Waals surface area contributed by atoms with Crippen molar-refractivity contribution in [3.63, 3.8) is 0 Å². The first-order valence-electron chi connectivity index (χ1n) is 5.39. The molecule has 3 aromatic carbocycles. The summed E-state index contributed by atoms with van der Waals surface area (Å²) in [5.74, 6) is 0. The van der Waals surface area contributed by atoms with E-state index in [0.29, 0.717) is 0 Å². The summed E-state index contributed by atoms with van der Waals surface area (Å²) in [5, 5.41) is 2.53. The van der Waals surface area contributed by atoms with Crippen molar-refractivity contribution in [2.24, 2.45) is 0 Å². The molecular formula is C16H8. The van der Waals surface area contributed by atoms with Gasteiger partial charge < -0.3 is 0 Å². The average Bonchev–Trinajstić information content (AvgIpc) is 2.68. The van der Waals surface area contributed by atoms with Crippen LogP contribution in [0.2, 0.25) is 0 Å². The van der Waals surface area contributed by atoms with Crippen molar-refractivity contribution in [1.29, 1.82) is 0 Å². The van der Waals surface area contributed by atoms with Crippen molar-refractivity contribution in [2.75, 3.05) is 0 Å². The third-order valence-electron chi connectivity index (χ3n) is 3.27. The normalized spacial score (nSPS) is 11.8. The predicted octanol–water partition coefficient (Wildman–Crippen LogP) is 4.09. The maximum absolute atomic E-state index is 3.30. The molecule has 2 radical (unpaired) electrons. The summed E-state index contributed by atoms with van der Waals surface area (Å²) in [5.41, 5.74) is 5.26. The van der Waals surface area contributed by atoms with Crippen LogP contribution < -0.4 is 0 Å². The first-order valence-corrected chi connectivity index (χ1v) is 5.39. The Balaban J connectivity index is 2.31. The molecule has 0 aliphatic heterocycles. The van der Waals surface area contributed by atoms with Crippen LogP contribution in [0, 0.1) is 12.1 Å². The average molecular weight is 200 g/mol. The smallest absolute Gasteiger partial charge is 0.00201 e. The quantitative estimate of drug-likeness (QED) is 0.401. The van der Waals surface area contributed by atoms with Gasteiger partial charge in [-0.25, -0.2) is 0 Å². The Hall–Kier alpha value is -2.08. The SMILES string of the molecule is [c]1ccc2c(c1)-c1cccc3[c]ccc-2c13. The van der Waals surface area contributed by atoms with E-state index in [-0.39, 0.29) is 0 Å². The molecule has 0 heterocycles. The van der Waals surface area contributed by atoms with E-state index in [2.05, 4.69) is 48.5 Å². The summed E-state index contributed by atoms with van der Waals surface area (Å²) in [6.45, 7) is 0. The zero-order chi connectivity index (χ0) is 10.5. The summed E-state index contributed by atoms with van der Waals surface area (Å²) in [7, 11) is 0. The molecule has 0 nitrogen and oxygen atoms in total. The van der Waals surface area contributed by atoms with Crippen LogP contribution in [0.25, 0.3) is 33.0 Å². The fourth-order valence-electron chi connectivity index (χ4n) is 2.60. The highest BCUT2D eigenvalue weighted by atomic mass is 14.2. The largest absolute Gasteiger partial charge is 0.0610 e. The number of rotatable bonds is 0. The highest BCUT2D eigenvalue weighted by molar-refractivity contribution is 6.14. The molecule has 72 valence electrons. The third-order valence-corrected chi connectivity index (χ3v) is 3.27. The van der Waals surface area contributed by atoms with Crippen molar-refractivity contribution < 1.29 is 0 Å². The van der Waals surface area contributed by atoms with Gasteiger partial charge in [-0.15, -0.1) is 0 Å². The summed E-state index contributed by atoms with van der Waals surface area (Å²) in [6, 6.07) is 23.2. The fraction of sp³-hybridized carbons (Fsp3) is 0. The van der Waals surface area contributed by atoms with Crippen LogP contribution in [-0.2, 0) is 0 Å². The maximum atomic E-state index is 3.30. The number of hydrogen-bond donors (Lipinski definition) is 0. The van der Waals surface area contributed by atoms with Gasteiger partial charge in [-0.1, -0.05) is 42.5 Å². The third kappa shape index (κ3) is 0.849. The molecule has 0 bridgehead atoms. The zero-order valence-electron chi connectivity index (χ0n) is 8.62. The van der Waals surface area contributed by atoms with E-state index in [1.807, 2.05) is 12.1 Å². The van der Waals surface area contributed by atoms with E-state index in [0.717, 1.165) is 0 Å². The molecule has 3 aromatic rings. The molecule has 0 N–H and O–H groups in total. The van der Waals surface area contributed by atoms with E-state index < -0.39 is 0 Å². The Bertz CT molecular complexity index is 650. The van der Waals surface area contributed by atoms with Gasteiger partial charge in [-0.3, -0.25) is 0 Å². The van der Waals surface area contributed by atoms with Crippen LogP contribution >= 0.6 is 0 Å². The van der Waals surface area contributed by atoms with Gasteiger partial charge in [0.15, 0.2) is 0 Å². The Kier molecular flexibility index (Phi) is 1.39. The van der Waals surface area contributed by atoms with E-state index in [1.165, 1.54) is 33.0 Å². The van der Waals surface area contributed by atoms with Crippen molar-refractivity contribution in [2.45, 2.75) is 0 Å². The van der Waals surface area contributed by atoms with Gasteiger partial charge in [0.1, 0.15) is 0 Å². The van der Waals surface area contributed by atoms with Crippen LogP contribution in [0.4, 0.5) is 0 Å². The lowest BCUT2D eigenvalue weighted by molar-refractivity contribution is 1.68. The van der Waals surface area contributed by atoms with E-state index in [4.69, 9.17) is 0 Å². The molecule has 0 spiro atoms. The van der Waals surface area contributed by atoms with Crippen LogP contribution in [0.15, 0.2) is 48.5 Å². The van der Waals surface area contributed by atoms with Gasteiger partial charge in [0, 0.05) is 0 Å². The Labute approximate surface area is 94.2 Å². The van der Waals surface area contributed by atoms with Crippen molar-refractivity contribution in [1.82, 2.24) is 0 Å². The van der Waals surface area contributed by atoms with Crippen LogP contribution in [0.5, 0.6) is 0 Å². The number of hydrogen-bond acceptors (Lipinski definition) is 0. The molecular weight excluding hydrogens is 192 g/mol. The second kappa shape index (κ2) is 2.73. The molecule has 0 atom stereocenters. The maximum Gasteiger partial charge on any atom is -0.00201 e. The fourth-order valence-corrected chi connectivity index (χ4v) is 2.60. The molecule has 0 amide bonds. The summed E-state index contributed by atoms with van der Waals surface area (Å²) in [4.78, 5) is 0. The molecule has 0 heteroatoms. The minimum absolute atomic E-state index is 1.20. The van der Waals surface area contributed by atoms with Crippen LogP contribution in [-0.4, -0.2) is 0 Å². The van der Waals surface area contributed by atoms with Gasteiger partial charge in [0.2, 0.25) is 0 Å². The Morgan fingerprint density at radius 2 is 1.62 bits per heavy atom. The van der Waals surface area contributed by atoms with E-state index >= 15 is 0 Å². The van der Waals surface area contributed by atoms with Crippen LogP contribution in [0.3, 0.4) is 0 Å². The lowest BCUT2D eigenvalue weighted by Crippen LogP contribution is -1.74. The minimum Gasteiger partial charge on any atom is -0.0610 e. The van der Waals surface area contributed by atoms with Gasteiger partial charge in [-0.05, 0) is 51.2 Å². The highest BCUT2D eigenvalue weighted by Crippen LogP contribution is 2.46. The monoisotopic (exact) mass is 200 g/mol. The molecule has 0 fully saturated rings. The van der Waals surface area contributed by atoms with Gasteiger partial charge in [-0.2, -0.15) is 0 Å². The number of fused-ring (bicyclic) bond motifs is 3. The topological polar surface area (TPSA) is 0 Å². The van der Waals surface area contributed by atoms with E-state index in [9.17, 15) is 0 Å². The molecule has 16 heavy (non-hydrogen) atoms. The molecule has 0 aromatic heterocycles. The van der Waals surface area contributed by atoms with Gasteiger partial charge in [0.25, 0.3) is 0 Å². The summed E-state index contributed by atoms with van der Waals surface area (Å²) < 4.78 is 0. The molecule has 1 aliphatic carbocycles. The molecule has 0 saturated carbocycles.